The molecule has 0 aromatic heterocycles. The van der Waals surface area contributed by atoms with Gasteiger partial charge in [-0.3, -0.25) is 0 Å². The van der Waals surface area contributed by atoms with Crippen LogP contribution < -0.4 is 18.9 Å². The molecule has 0 bridgehead atoms. The summed E-state index contributed by atoms with van der Waals surface area (Å²) >= 11 is 0. The maximum atomic E-state index is 12.8. The summed E-state index contributed by atoms with van der Waals surface area (Å²) in [5, 5.41) is 1.01. The smallest absolute Gasteiger partial charge is 0.338 e. The third kappa shape index (κ3) is 7.28. The number of carbonyl (C=O) groups excluding carboxylic acids is 4. The number of esters is 4. The van der Waals surface area contributed by atoms with Gasteiger partial charge in [-0.15, -0.1) is 0 Å². The van der Waals surface area contributed by atoms with Crippen molar-refractivity contribution in [2.24, 2.45) is 0 Å². The molecule has 0 saturated carbocycles. The van der Waals surface area contributed by atoms with Gasteiger partial charge in [-0.05, 0) is 70.9 Å². The van der Waals surface area contributed by atoms with Crippen LogP contribution in [0, 0.1) is 0 Å². The van der Waals surface area contributed by atoms with Gasteiger partial charge < -0.3 is 18.9 Å². The molecule has 0 aliphatic rings. The highest BCUT2D eigenvalue weighted by atomic mass is 16.6. The van der Waals surface area contributed by atoms with Crippen LogP contribution in [0.2, 0.25) is 0 Å². The molecular weight excluding hydrogens is 560 g/mol. The molecular formula is C36H34O8. The molecule has 8 heteroatoms. The van der Waals surface area contributed by atoms with Crippen LogP contribution in [0.1, 0.15) is 52.7 Å². The highest BCUT2D eigenvalue weighted by Crippen LogP contribution is 2.43. The van der Waals surface area contributed by atoms with E-state index in [-0.39, 0.29) is 45.3 Å². The lowest BCUT2D eigenvalue weighted by atomic mass is 9.93. The number of ether oxygens (including phenoxy) is 4. The molecule has 3 rings (SSSR count). The Balaban J connectivity index is 2.32. The molecule has 0 saturated heterocycles. The third-order valence-corrected chi connectivity index (χ3v) is 6.51. The van der Waals surface area contributed by atoms with E-state index in [0.29, 0.717) is 33.0 Å². The van der Waals surface area contributed by atoms with Crippen molar-refractivity contribution in [2.75, 3.05) is 0 Å². The Morgan fingerprint density at radius 3 is 1.39 bits per heavy atom. The van der Waals surface area contributed by atoms with Crippen LogP contribution in [-0.2, 0) is 19.2 Å². The fourth-order valence-corrected chi connectivity index (χ4v) is 3.93. The van der Waals surface area contributed by atoms with E-state index in [4.69, 9.17) is 18.9 Å². The average Bonchev–Trinajstić information content (AvgIpc) is 2.97. The molecule has 0 aliphatic carbocycles. The standard InChI is InChI=1S/C36H34O8/c1-19(2)33(37)41-29-15-12-14-28-27(29)18-17-26(31(28)43-35(39)21(5)6)24(10)23(9)25-13-11-16-30(42-34(38)20(3)4)32(25)44-36(40)22(7)8/h11-18H,1,3,5,7H2,2,4,6,8-10H3. The Bertz CT molecular complexity index is 1800. The van der Waals surface area contributed by atoms with Crippen molar-refractivity contribution < 1.29 is 38.1 Å². The number of rotatable bonds is 10. The molecule has 226 valence electrons. The summed E-state index contributed by atoms with van der Waals surface area (Å²) in [4.78, 5) is 50.1. The van der Waals surface area contributed by atoms with Gasteiger partial charge in [-0.2, -0.15) is 0 Å². The second-order valence-corrected chi connectivity index (χ2v) is 10.4. The number of carbonyl (C=O) groups is 4. The summed E-state index contributed by atoms with van der Waals surface area (Å²) < 4.78 is 22.5. The first-order valence-corrected chi connectivity index (χ1v) is 13.5. The quantitative estimate of drug-likeness (QED) is 0.102. The Morgan fingerprint density at radius 2 is 0.864 bits per heavy atom. The summed E-state index contributed by atoms with van der Waals surface area (Å²) in [5.74, 6) is -2.19. The van der Waals surface area contributed by atoms with Crippen molar-refractivity contribution in [3.8, 4) is 23.0 Å². The van der Waals surface area contributed by atoms with E-state index in [2.05, 4.69) is 26.3 Å². The SMILES string of the molecule is C=C(C)C(=O)Oc1cccc(C(C)=C(C)c2ccc3c(OC(=O)C(=C)C)cccc3c2OC(=O)C(=C)C)c1OC(=O)C(=C)C. The molecule has 0 fully saturated rings. The van der Waals surface area contributed by atoms with E-state index in [1.165, 1.54) is 26.8 Å². The number of benzene rings is 3. The fraction of sp³-hybridized carbons (Fsp3) is 0.167. The molecule has 44 heavy (non-hydrogen) atoms. The lowest BCUT2D eigenvalue weighted by Gasteiger charge is -2.19. The van der Waals surface area contributed by atoms with Crippen LogP contribution in [0.4, 0.5) is 0 Å². The van der Waals surface area contributed by atoms with Gasteiger partial charge in [0, 0.05) is 44.2 Å². The molecule has 0 atom stereocenters. The maximum absolute atomic E-state index is 12.8. The fourth-order valence-electron chi connectivity index (χ4n) is 3.93. The normalized spacial score (nSPS) is 11.1. The second-order valence-electron chi connectivity index (χ2n) is 10.4. The Labute approximate surface area is 256 Å². The van der Waals surface area contributed by atoms with Crippen LogP contribution in [0.15, 0.2) is 97.1 Å². The second kappa shape index (κ2) is 13.6. The lowest BCUT2D eigenvalue weighted by Crippen LogP contribution is -2.14. The summed E-state index contributed by atoms with van der Waals surface area (Å²) in [6, 6.07) is 13.4. The Morgan fingerprint density at radius 1 is 0.455 bits per heavy atom. The molecule has 0 aliphatic heterocycles. The van der Waals surface area contributed by atoms with Crippen LogP contribution in [0.25, 0.3) is 21.9 Å². The van der Waals surface area contributed by atoms with E-state index >= 15 is 0 Å². The first-order valence-electron chi connectivity index (χ1n) is 13.5. The number of hydrogen-bond acceptors (Lipinski definition) is 8. The summed E-state index contributed by atoms with van der Waals surface area (Å²) in [6.45, 7) is 24.2. The lowest BCUT2D eigenvalue weighted by molar-refractivity contribution is -0.132. The highest BCUT2D eigenvalue weighted by molar-refractivity contribution is 6.04. The predicted molar refractivity (Wildman–Crippen MR) is 170 cm³/mol. The molecule has 0 amide bonds. The van der Waals surface area contributed by atoms with Crippen molar-refractivity contribution in [1.29, 1.82) is 0 Å². The molecule has 0 heterocycles. The van der Waals surface area contributed by atoms with Gasteiger partial charge in [0.15, 0.2) is 11.5 Å². The molecule has 0 radical (unpaired) electrons. The number of hydrogen-bond donors (Lipinski definition) is 0. The van der Waals surface area contributed by atoms with E-state index in [1.54, 1.807) is 63.2 Å². The Hall–Kier alpha value is -5.50. The largest absolute Gasteiger partial charge is 0.423 e. The number of fused-ring (bicyclic) bond motifs is 1. The van der Waals surface area contributed by atoms with Gasteiger partial charge in [0.2, 0.25) is 0 Å². The number of allylic oxidation sites excluding steroid dienone is 2. The minimum absolute atomic E-state index is 0.00205. The van der Waals surface area contributed by atoms with Crippen molar-refractivity contribution in [2.45, 2.75) is 41.5 Å². The van der Waals surface area contributed by atoms with Gasteiger partial charge >= 0.3 is 23.9 Å². The van der Waals surface area contributed by atoms with E-state index < -0.39 is 23.9 Å². The molecule has 0 N–H and O–H groups in total. The van der Waals surface area contributed by atoms with E-state index in [9.17, 15) is 19.2 Å². The minimum atomic E-state index is -0.714. The summed E-state index contributed by atoms with van der Waals surface area (Å²) in [5.41, 5.74) is 2.90. The third-order valence-electron chi connectivity index (χ3n) is 6.51. The summed E-state index contributed by atoms with van der Waals surface area (Å²) in [7, 11) is 0. The van der Waals surface area contributed by atoms with Gasteiger partial charge in [0.25, 0.3) is 0 Å². The predicted octanol–water partition coefficient (Wildman–Crippen LogP) is 7.72. The van der Waals surface area contributed by atoms with Crippen molar-refractivity contribution in [3.63, 3.8) is 0 Å². The van der Waals surface area contributed by atoms with Crippen molar-refractivity contribution in [3.05, 3.63) is 108 Å². The zero-order valence-corrected chi connectivity index (χ0v) is 25.7. The molecule has 3 aromatic carbocycles. The van der Waals surface area contributed by atoms with Gasteiger partial charge in [-0.25, -0.2) is 19.2 Å². The molecule has 3 aromatic rings. The Kier molecular flexibility index (Phi) is 10.2. The highest BCUT2D eigenvalue weighted by Gasteiger charge is 2.23. The van der Waals surface area contributed by atoms with Gasteiger partial charge in [-0.1, -0.05) is 56.6 Å². The number of para-hydroxylation sites is 1. The van der Waals surface area contributed by atoms with E-state index in [0.717, 1.165) is 0 Å². The van der Waals surface area contributed by atoms with Crippen LogP contribution >= 0.6 is 0 Å². The van der Waals surface area contributed by atoms with Gasteiger partial charge in [0.05, 0.1) is 0 Å². The monoisotopic (exact) mass is 594 g/mol. The molecule has 0 unspecified atom stereocenters. The molecule has 8 nitrogen and oxygen atoms in total. The topological polar surface area (TPSA) is 105 Å². The first-order chi connectivity index (χ1) is 20.6. The van der Waals surface area contributed by atoms with Crippen molar-refractivity contribution in [1.82, 2.24) is 0 Å². The van der Waals surface area contributed by atoms with Crippen LogP contribution in [0.5, 0.6) is 23.0 Å². The zero-order valence-electron chi connectivity index (χ0n) is 25.7. The van der Waals surface area contributed by atoms with Crippen LogP contribution in [-0.4, -0.2) is 23.9 Å². The van der Waals surface area contributed by atoms with E-state index in [1.807, 2.05) is 0 Å². The van der Waals surface area contributed by atoms with Crippen LogP contribution in [0.3, 0.4) is 0 Å². The minimum Gasteiger partial charge on any atom is -0.423 e. The van der Waals surface area contributed by atoms with Crippen molar-refractivity contribution >= 4 is 45.8 Å². The average molecular weight is 595 g/mol. The first kappa shape index (κ1) is 33.0. The summed E-state index contributed by atoms with van der Waals surface area (Å²) in [6.07, 6.45) is 0. The zero-order chi connectivity index (χ0) is 32.9. The van der Waals surface area contributed by atoms with Gasteiger partial charge in [0.1, 0.15) is 11.5 Å². The maximum Gasteiger partial charge on any atom is 0.338 e. The molecule has 0 spiro atoms.